The molecule has 0 heterocycles. The number of hydrogen-bond acceptors (Lipinski definition) is 6. The number of phosphoric acid groups is 1. The van der Waals surface area contributed by atoms with Gasteiger partial charge in [0.1, 0.15) is 19.3 Å². The number of carbonyl (C=O) groups excluding carboxylic acids is 1. The molecule has 0 radical (unpaired) electrons. The van der Waals surface area contributed by atoms with Gasteiger partial charge in [0, 0.05) is 13.0 Å². The molecule has 0 aromatic carbocycles. The van der Waals surface area contributed by atoms with Gasteiger partial charge in [-0.15, -0.1) is 0 Å². The Hall–Kier alpha value is -2.84. The Labute approximate surface area is 438 Å². The summed E-state index contributed by atoms with van der Waals surface area (Å²) in [6, 6.07) is 0. The van der Waals surface area contributed by atoms with Crippen molar-refractivity contribution in [3.05, 3.63) is 109 Å². The number of esters is 1. The summed E-state index contributed by atoms with van der Waals surface area (Å²) >= 11 is 0. The predicted octanol–water partition coefficient (Wildman–Crippen LogP) is 18.3. The number of hydrogen-bond donors (Lipinski definition) is 1. The van der Waals surface area contributed by atoms with Gasteiger partial charge in [-0.2, -0.15) is 0 Å². The quantitative estimate of drug-likeness (QED) is 0.0213. The lowest BCUT2D eigenvalue weighted by Crippen LogP contribution is -2.37. The highest BCUT2D eigenvalue weighted by Gasteiger charge is 2.26. The molecule has 2 atom stereocenters. The lowest BCUT2D eigenvalue weighted by Gasteiger charge is -2.24. The van der Waals surface area contributed by atoms with Gasteiger partial charge in [0.05, 0.1) is 34.4 Å². The van der Waals surface area contributed by atoms with Crippen molar-refractivity contribution in [2.24, 2.45) is 0 Å². The first kappa shape index (κ1) is 68.2. The van der Waals surface area contributed by atoms with Crippen LogP contribution in [-0.4, -0.2) is 75.6 Å². The SMILES string of the molecule is CC/C=C\C/C=C\C/C=C\C/C=C\C/C=C\CCCCCCCCCCCCOCC(COP(=O)(O)OCC[N+](C)(C)C)OC(=O)CCCCCCCCCCCC/C=C\C/C=C\C/C=C\C/C=C\CC. The van der Waals surface area contributed by atoms with Gasteiger partial charge in [-0.25, -0.2) is 4.57 Å². The van der Waals surface area contributed by atoms with Crippen LogP contribution in [0.3, 0.4) is 0 Å². The van der Waals surface area contributed by atoms with Crippen LogP contribution in [0.4, 0.5) is 0 Å². The molecular weight excluding hydrogens is 902 g/mol. The smallest absolute Gasteiger partial charge is 0.457 e. The fraction of sp³-hybridized carbons (Fsp3) is 0.694. The van der Waals surface area contributed by atoms with Crippen LogP contribution >= 0.6 is 7.82 Å². The minimum absolute atomic E-state index is 0.0813. The maximum atomic E-state index is 12.8. The largest absolute Gasteiger partial charge is 0.472 e. The van der Waals surface area contributed by atoms with E-state index in [0.717, 1.165) is 89.9 Å². The zero-order valence-corrected chi connectivity index (χ0v) is 47.3. The first-order chi connectivity index (χ1) is 34.6. The third-order valence-corrected chi connectivity index (χ3v) is 12.8. The van der Waals surface area contributed by atoms with E-state index in [1.807, 2.05) is 21.1 Å². The van der Waals surface area contributed by atoms with E-state index in [4.69, 9.17) is 18.5 Å². The van der Waals surface area contributed by atoms with E-state index in [1.54, 1.807) is 0 Å². The minimum atomic E-state index is -4.30. The predicted molar refractivity (Wildman–Crippen MR) is 307 cm³/mol. The lowest BCUT2D eigenvalue weighted by molar-refractivity contribution is -0.870. The molecular formula is C62H109NO7P+. The monoisotopic (exact) mass is 1010 g/mol. The molecule has 0 aliphatic carbocycles. The molecule has 0 aromatic heterocycles. The van der Waals surface area contributed by atoms with Crippen LogP contribution < -0.4 is 0 Å². The summed E-state index contributed by atoms with van der Waals surface area (Å²) in [5.74, 6) is -0.323. The van der Waals surface area contributed by atoms with Crippen molar-refractivity contribution >= 4 is 13.8 Å². The molecule has 0 aromatic rings. The molecule has 1 N–H and O–H groups in total. The van der Waals surface area contributed by atoms with Crippen molar-refractivity contribution < 1.29 is 37.3 Å². The van der Waals surface area contributed by atoms with Crippen molar-refractivity contribution in [3.63, 3.8) is 0 Å². The van der Waals surface area contributed by atoms with Gasteiger partial charge in [-0.3, -0.25) is 13.8 Å². The normalized spacial score (nSPS) is 14.3. The summed E-state index contributed by atoms with van der Waals surface area (Å²) in [6.07, 6.45) is 75.7. The molecule has 71 heavy (non-hydrogen) atoms. The summed E-state index contributed by atoms with van der Waals surface area (Å²) in [5, 5.41) is 0. The topological polar surface area (TPSA) is 91.3 Å². The van der Waals surface area contributed by atoms with E-state index in [1.165, 1.54) is 109 Å². The molecule has 0 bridgehead atoms. The molecule has 0 amide bonds. The fourth-order valence-electron chi connectivity index (χ4n) is 7.51. The molecule has 8 nitrogen and oxygen atoms in total. The highest BCUT2D eigenvalue weighted by molar-refractivity contribution is 7.47. The average Bonchev–Trinajstić information content (AvgIpc) is 3.33. The first-order valence-electron chi connectivity index (χ1n) is 28.6. The zero-order chi connectivity index (χ0) is 51.9. The number of phosphoric ester groups is 1. The number of carbonyl (C=O) groups is 1. The minimum Gasteiger partial charge on any atom is -0.457 e. The number of rotatable bonds is 52. The van der Waals surface area contributed by atoms with E-state index in [2.05, 4.69) is 123 Å². The van der Waals surface area contributed by atoms with Gasteiger partial charge >= 0.3 is 13.8 Å². The maximum Gasteiger partial charge on any atom is 0.472 e. The highest BCUT2D eigenvalue weighted by atomic mass is 31.2. The Morgan fingerprint density at radius 3 is 1.15 bits per heavy atom. The molecule has 0 rings (SSSR count). The zero-order valence-electron chi connectivity index (χ0n) is 46.4. The number of nitrogens with zero attached hydrogens (tertiary/aromatic N) is 1. The molecule has 9 heteroatoms. The lowest BCUT2D eigenvalue weighted by atomic mass is 10.0. The summed E-state index contributed by atoms with van der Waals surface area (Å²) in [6.45, 7) is 5.38. The fourth-order valence-corrected chi connectivity index (χ4v) is 8.25. The average molecular weight is 1010 g/mol. The Morgan fingerprint density at radius 2 is 0.775 bits per heavy atom. The van der Waals surface area contributed by atoms with Crippen molar-refractivity contribution in [3.8, 4) is 0 Å². The molecule has 0 saturated heterocycles. The van der Waals surface area contributed by atoms with Crippen molar-refractivity contribution in [1.82, 2.24) is 0 Å². The van der Waals surface area contributed by atoms with Gasteiger partial charge in [0.2, 0.25) is 0 Å². The van der Waals surface area contributed by atoms with E-state index in [-0.39, 0.29) is 25.8 Å². The third-order valence-electron chi connectivity index (χ3n) is 11.8. The van der Waals surface area contributed by atoms with Gasteiger partial charge in [-0.05, 0) is 96.3 Å². The molecule has 0 saturated carbocycles. The second-order valence-corrected chi connectivity index (χ2v) is 21.4. The van der Waals surface area contributed by atoms with Gasteiger partial charge in [-0.1, -0.05) is 226 Å². The molecule has 0 aliphatic heterocycles. The van der Waals surface area contributed by atoms with Gasteiger partial charge < -0.3 is 18.9 Å². The first-order valence-corrected chi connectivity index (χ1v) is 30.1. The van der Waals surface area contributed by atoms with E-state index < -0.39 is 13.9 Å². The Balaban J connectivity index is 4.12. The molecule has 2 unspecified atom stereocenters. The van der Waals surface area contributed by atoms with Crippen molar-refractivity contribution in [2.45, 2.75) is 225 Å². The van der Waals surface area contributed by atoms with Crippen molar-refractivity contribution in [2.75, 3.05) is 54.1 Å². The van der Waals surface area contributed by atoms with Gasteiger partial charge in [0.15, 0.2) is 0 Å². The summed E-state index contributed by atoms with van der Waals surface area (Å²) < 4.78 is 35.3. The number of ether oxygens (including phenoxy) is 2. The molecule has 0 spiro atoms. The van der Waals surface area contributed by atoms with Crippen LogP contribution in [0.15, 0.2) is 109 Å². The number of allylic oxidation sites excluding steroid dienone is 18. The highest BCUT2D eigenvalue weighted by Crippen LogP contribution is 2.43. The Kier molecular flexibility index (Phi) is 51.3. The maximum absolute atomic E-state index is 12.8. The number of likely N-dealkylation sites (N-methyl/N-ethyl adjacent to an activating group) is 1. The third kappa shape index (κ3) is 57.9. The van der Waals surface area contributed by atoms with Crippen LogP contribution in [0.1, 0.15) is 219 Å². The number of unbranched alkanes of at least 4 members (excludes halogenated alkanes) is 20. The second-order valence-electron chi connectivity index (χ2n) is 19.9. The summed E-state index contributed by atoms with van der Waals surface area (Å²) in [4.78, 5) is 23.1. The Morgan fingerprint density at radius 1 is 0.437 bits per heavy atom. The summed E-state index contributed by atoms with van der Waals surface area (Å²) in [7, 11) is 1.65. The molecule has 0 fully saturated rings. The van der Waals surface area contributed by atoms with E-state index in [0.29, 0.717) is 24.1 Å². The van der Waals surface area contributed by atoms with Crippen LogP contribution in [0.2, 0.25) is 0 Å². The summed E-state index contributed by atoms with van der Waals surface area (Å²) in [5.41, 5.74) is 0. The van der Waals surface area contributed by atoms with E-state index >= 15 is 0 Å². The van der Waals surface area contributed by atoms with Gasteiger partial charge in [0.25, 0.3) is 0 Å². The van der Waals surface area contributed by atoms with E-state index in [9.17, 15) is 14.3 Å². The molecule has 0 aliphatic rings. The van der Waals surface area contributed by atoms with Crippen LogP contribution in [0.5, 0.6) is 0 Å². The van der Waals surface area contributed by atoms with Crippen LogP contribution in [0.25, 0.3) is 0 Å². The number of quaternary nitrogens is 1. The van der Waals surface area contributed by atoms with Crippen LogP contribution in [0, 0.1) is 0 Å². The van der Waals surface area contributed by atoms with Crippen molar-refractivity contribution in [1.29, 1.82) is 0 Å². The molecule has 408 valence electrons. The Bertz CT molecular complexity index is 1500. The standard InChI is InChI=1S/C62H108NO7P/c1-6-8-10-12-14-16-18-20-22-24-26-28-30-31-32-34-36-38-40-42-44-46-48-50-52-54-57-67-59-61(60-69-71(65,66)68-58-56-63(3,4)5)70-62(64)55-53-51-49-47-45-43-41-39-37-35-33-29-27-25-23-21-19-17-15-13-11-9-7-2/h8-11,14-17,20-23,26-29,31-32,61H,6-7,12-13,18-19,24-25,30,33-60H2,1-5H3/p+1/b10-8-,11-9-,16-14-,17-15-,22-20-,23-21-,28-26-,29-27-,32-31-. The second kappa shape index (κ2) is 53.5. The van der Waals surface area contributed by atoms with Crippen LogP contribution in [-0.2, 0) is 27.9 Å².